The van der Waals surface area contributed by atoms with E-state index in [1.807, 2.05) is 12.1 Å². The summed E-state index contributed by atoms with van der Waals surface area (Å²) in [5.74, 6) is -3.03. The van der Waals surface area contributed by atoms with Gasteiger partial charge in [-0.2, -0.15) is 0 Å². The Balaban J connectivity index is 1.65. The third kappa shape index (κ3) is 4.34. The van der Waals surface area contributed by atoms with Crippen molar-refractivity contribution in [2.45, 2.75) is 6.42 Å². The lowest BCUT2D eigenvalue weighted by Gasteiger charge is -2.15. The van der Waals surface area contributed by atoms with Gasteiger partial charge in [-0.1, -0.05) is 54.1 Å². The molecule has 0 saturated heterocycles. The quantitative estimate of drug-likeness (QED) is 0.548. The molecule has 1 aliphatic heterocycles. The Morgan fingerprint density at radius 3 is 2.23 bits per heavy atom. The molecule has 0 saturated carbocycles. The zero-order chi connectivity index (χ0) is 22.0. The number of nitrogens with zero attached hydrogens (tertiary/aromatic N) is 1. The number of amides is 2. The second-order valence-corrected chi connectivity index (χ2v) is 7.44. The average molecular weight is 439 g/mol. The number of benzene rings is 3. The normalized spacial score (nSPS) is 13.8. The molecule has 0 radical (unpaired) electrons. The van der Waals surface area contributed by atoms with Crippen LogP contribution in [0.3, 0.4) is 0 Å². The highest BCUT2D eigenvalue weighted by Crippen LogP contribution is 2.31. The Labute approximate surface area is 182 Å². The molecule has 1 heterocycles. The molecule has 3 aromatic carbocycles. The smallest absolute Gasteiger partial charge is 0.278 e. The van der Waals surface area contributed by atoms with Crippen LogP contribution >= 0.6 is 11.6 Å². The summed E-state index contributed by atoms with van der Waals surface area (Å²) < 4.78 is 26.9. The van der Waals surface area contributed by atoms with Gasteiger partial charge in [-0.05, 0) is 41.8 Å². The molecular formula is C24H17ClF2N2O2. The number of imide groups is 1. The number of carbonyl (C=O) groups excluding carboxylic acids is 2. The lowest BCUT2D eigenvalue weighted by molar-refractivity contribution is -0.136. The van der Waals surface area contributed by atoms with Crippen LogP contribution in [-0.2, 0) is 16.0 Å². The van der Waals surface area contributed by atoms with Gasteiger partial charge in [0.05, 0.1) is 5.57 Å². The van der Waals surface area contributed by atoms with E-state index in [4.69, 9.17) is 11.6 Å². The van der Waals surface area contributed by atoms with Crippen LogP contribution in [0.25, 0.3) is 5.57 Å². The first-order chi connectivity index (χ1) is 14.9. The van der Waals surface area contributed by atoms with Crippen molar-refractivity contribution in [2.24, 2.45) is 0 Å². The lowest BCUT2D eigenvalue weighted by Crippen LogP contribution is -2.34. The molecule has 0 bridgehead atoms. The molecule has 0 atom stereocenters. The molecule has 1 aliphatic rings. The van der Waals surface area contributed by atoms with E-state index in [2.05, 4.69) is 5.32 Å². The van der Waals surface area contributed by atoms with E-state index < -0.39 is 23.4 Å². The predicted molar refractivity (Wildman–Crippen MR) is 115 cm³/mol. The third-order valence-electron chi connectivity index (χ3n) is 4.96. The maximum Gasteiger partial charge on any atom is 0.278 e. The van der Waals surface area contributed by atoms with E-state index in [1.54, 1.807) is 42.5 Å². The maximum absolute atomic E-state index is 13.7. The molecule has 0 fully saturated rings. The first-order valence-corrected chi connectivity index (χ1v) is 9.94. The minimum Gasteiger partial charge on any atom is -0.350 e. The largest absolute Gasteiger partial charge is 0.350 e. The van der Waals surface area contributed by atoms with Crippen LogP contribution in [0.15, 0.2) is 78.5 Å². The Hall–Kier alpha value is -3.51. The van der Waals surface area contributed by atoms with E-state index in [9.17, 15) is 18.4 Å². The molecule has 2 amide bonds. The van der Waals surface area contributed by atoms with Gasteiger partial charge in [-0.25, -0.2) is 8.78 Å². The maximum atomic E-state index is 13.7. The molecule has 0 unspecified atom stereocenters. The summed E-state index contributed by atoms with van der Waals surface area (Å²) in [4.78, 5) is 27.4. The highest BCUT2D eigenvalue weighted by atomic mass is 35.5. The van der Waals surface area contributed by atoms with Gasteiger partial charge in [0.2, 0.25) is 0 Å². The van der Waals surface area contributed by atoms with Gasteiger partial charge in [0.1, 0.15) is 5.70 Å². The van der Waals surface area contributed by atoms with Gasteiger partial charge in [0, 0.05) is 23.3 Å². The monoisotopic (exact) mass is 438 g/mol. The number of rotatable bonds is 6. The van der Waals surface area contributed by atoms with Crippen LogP contribution in [0, 0.1) is 11.6 Å². The molecule has 0 spiro atoms. The molecule has 0 aromatic heterocycles. The average Bonchev–Trinajstić information content (AvgIpc) is 3.00. The molecule has 3 aromatic rings. The van der Waals surface area contributed by atoms with Crippen LogP contribution in [0.1, 0.15) is 11.1 Å². The van der Waals surface area contributed by atoms with Crippen molar-refractivity contribution in [3.63, 3.8) is 0 Å². The van der Waals surface area contributed by atoms with Crippen molar-refractivity contribution in [1.82, 2.24) is 4.90 Å². The van der Waals surface area contributed by atoms with E-state index in [0.29, 0.717) is 17.0 Å². The summed E-state index contributed by atoms with van der Waals surface area (Å²) in [5.41, 5.74) is 1.86. The molecule has 7 heteroatoms. The molecule has 156 valence electrons. The summed E-state index contributed by atoms with van der Waals surface area (Å²) in [7, 11) is 0. The summed E-state index contributed by atoms with van der Waals surface area (Å²) >= 11 is 5.91. The minimum absolute atomic E-state index is 0.0262. The molecule has 0 aliphatic carbocycles. The first-order valence-electron chi connectivity index (χ1n) is 9.56. The Kier molecular flexibility index (Phi) is 5.82. The van der Waals surface area contributed by atoms with Crippen molar-refractivity contribution >= 4 is 34.7 Å². The SMILES string of the molecule is O=C1C(Nc2ccc(F)c(F)c2)=C(c2ccccc2)C(=O)N1CCc1ccc(Cl)cc1. The first kappa shape index (κ1) is 20.8. The van der Waals surface area contributed by atoms with E-state index in [1.165, 1.54) is 6.07 Å². The molecule has 4 rings (SSSR count). The number of halogens is 3. The standard InChI is InChI=1S/C24H17ClF2N2O2/c25-17-8-6-15(7-9-17)12-13-29-23(30)21(16-4-2-1-3-5-16)22(24(29)31)28-18-10-11-19(26)20(27)14-18/h1-11,14,28H,12-13H2. The van der Waals surface area contributed by atoms with Gasteiger partial charge < -0.3 is 5.32 Å². The zero-order valence-electron chi connectivity index (χ0n) is 16.2. The third-order valence-corrected chi connectivity index (χ3v) is 5.21. The molecule has 4 nitrogen and oxygen atoms in total. The highest BCUT2D eigenvalue weighted by molar-refractivity contribution is 6.36. The number of hydrogen-bond acceptors (Lipinski definition) is 3. The van der Waals surface area contributed by atoms with Crippen LogP contribution < -0.4 is 5.32 Å². The van der Waals surface area contributed by atoms with E-state index >= 15 is 0 Å². The topological polar surface area (TPSA) is 49.4 Å². The lowest BCUT2D eigenvalue weighted by atomic mass is 10.0. The number of hydrogen-bond donors (Lipinski definition) is 1. The fourth-order valence-corrected chi connectivity index (χ4v) is 3.50. The van der Waals surface area contributed by atoms with Crippen molar-refractivity contribution in [2.75, 3.05) is 11.9 Å². The van der Waals surface area contributed by atoms with Crippen LogP contribution in [0.4, 0.5) is 14.5 Å². The van der Waals surface area contributed by atoms with Gasteiger partial charge >= 0.3 is 0 Å². The fraction of sp³-hybridized carbons (Fsp3) is 0.0833. The summed E-state index contributed by atoms with van der Waals surface area (Å²) in [6.07, 6.45) is 0.454. The Morgan fingerprint density at radius 1 is 0.839 bits per heavy atom. The number of nitrogens with one attached hydrogen (secondary N) is 1. The van der Waals surface area contributed by atoms with Gasteiger partial charge in [-0.3, -0.25) is 14.5 Å². The van der Waals surface area contributed by atoms with Gasteiger partial charge in [0.15, 0.2) is 11.6 Å². The summed E-state index contributed by atoms with van der Waals surface area (Å²) in [5, 5.41) is 3.42. The van der Waals surface area contributed by atoms with E-state index in [0.717, 1.165) is 22.6 Å². The van der Waals surface area contributed by atoms with E-state index in [-0.39, 0.29) is 23.5 Å². The zero-order valence-corrected chi connectivity index (χ0v) is 17.0. The minimum atomic E-state index is -1.05. The van der Waals surface area contributed by atoms with Crippen LogP contribution in [-0.4, -0.2) is 23.3 Å². The van der Waals surface area contributed by atoms with Crippen LogP contribution in [0.2, 0.25) is 5.02 Å². The van der Waals surface area contributed by atoms with Crippen molar-refractivity contribution in [3.05, 3.63) is 106 Å². The summed E-state index contributed by atoms with van der Waals surface area (Å²) in [6.45, 7) is 0.165. The van der Waals surface area contributed by atoms with Crippen LogP contribution in [0.5, 0.6) is 0 Å². The second-order valence-electron chi connectivity index (χ2n) is 7.01. The molecule has 31 heavy (non-hydrogen) atoms. The van der Waals surface area contributed by atoms with Crippen molar-refractivity contribution in [3.8, 4) is 0 Å². The Morgan fingerprint density at radius 2 is 1.55 bits per heavy atom. The van der Waals surface area contributed by atoms with Crippen molar-refractivity contribution in [1.29, 1.82) is 0 Å². The fourth-order valence-electron chi connectivity index (χ4n) is 3.38. The van der Waals surface area contributed by atoms with Crippen molar-refractivity contribution < 1.29 is 18.4 Å². The molecule has 1 N–H and O–H groups in total. The number of carbonyl (C=O) groups is 2. The number of anilines is 1. The predicted octanol–water partition coefficient (Wildman–Crippen LogP) is 5.05. The van der Waals surface area contributed by atoms with Gasteiger partial charge in [0.25, 0.3) is 11.8 Å². The van der Waals surface area contributed by atoms with Gasteiger partial charge in [-0.15, -0.1) is 0 Å². The highest BCUT2D eigenvalue weighted by Gasteiger charge is 2.38. The summed E-state index contributed by atoms with van der Waals surface area (Å²) in [6, 6.07) is 19.1. The molecular weight excluding hydrogens is 422 g/mol. The Bertz CT molecular complexity index is 1180. The second kappa shape index (κ2) is 8.70.